The van der Waals surface area contributed by atoms with Crippen LogP contribution < -0.4 is 0 Å². The van der Waals surface area contributed by atoms with Crippen LogP contribution in [-0.2, 0) is 11.2 Å². The quantitative estimate of drug-likeness (QED) is 0.841. The molecule has 0 aliphatic heterocycles. The first kappa shape index (κ1) is 11.5. The van der Waals surface area contributed by atoms with Gasteiger partial charge in [0.25, 0.3) is 0 Å². The van der Waals surface area contributed by atoms with Crippen LogP contribution in [0.4, 0.5) is 0 Å². The number of hydrogen-bond donors (Lipinski definition) is 2. The summed E-state index contributed by atoms with van der Waals surface area (Å²) in [6.45, 7) is 0. The molecule has 0 bridgehead atoms. The minimum atomic E-state index is -0.775. The van der Waals surface area contributed by atoms with Crippen LogP contribution in [0.3, 0.4) is 0 Å². The third kappa shape index (κ3) is 2.47. The Hall–Kier alpha value is -1.55. The fourth-order valence-electron chi connectivity index (χ4n) is 1.46. The Morgan fingerprint density at radius 3 is 3.07 bits per heavy atom. The molecule has 0 radical (unpaired) electrons. The van der Waals surface area contributed by atoms with Crippen molar-refractivity contribution in [2.45, 2.75) is 12.8 Å². The van der Waals surface area contributed by atoms with Gasteiger partial charge in [-0.2, -0.15) is 0 Å². The maximum atomic E-state index is 10.4. The van der Waals surface area contributed by atoms with Gasteiger partial charge in [-0.15, -0.1) is 12.4 Å². The van der Waals surface area contributed by atoms with Gasteiger partial charge in [0.15, 0.2) is 0 Å². The van der Waals surface area contributed by atoms with E-state index in [1.54, 1.807) is 6.20 Å². The molecule has 80 valence electrons. The van der Waals surface area contributed by atoms with Crippen LogP contribution in [0, 0.1) is 0 Å². The average Bonchev–Trinajstić information content (AvgIpc) is 2.58. The van der Waals surface area contributed by atoms with Crippen molar-refractivity contribution in [2.75, 3.05) is 0 Å². The van der Waals surface area contributed by atoms with E-state index in [0.717, 1.165) is 16.6 Å². The molecule has 0 aliphatic rings. The zero-order chi connectivity index (χ0) is 9.97. The molecule has 0 spiro atoms. The molecule has 5 heteroatoms. The van der Waals surface area contributed by atoms with Gasteiger partial charge in [0.1, 0.15) is 5.65 Å². The number of nitrogens with zero attached hydrogens (tertiary/aromatic N) is 1. The number of nitrogens with one attached hydrogen (secondary N) is 1. The molecule has 15 heavy (non-hydrogen) atoms. The Morgan fingerprint density at radius 2 is 2.33 bits per heavy atom. The molecule has 0 fully saturated rings. The number of rotatable bonds is 3. The number of pyridine rings is 1. The second-order valence-corrected chi connectivity index (χ2v) is 3.11. The molecule has 2 N–H and O–H groups in total. The second kappa shape index (κ2) is 4.79. The SMILES string of the molecule is Cl.O=C(O)CCc1c[nH]c2ncccc12. The molecule has 0 unspecified atom stereocenters. The fraction of sp³-hybridized carbons (Fsp3) is 0.200. The lowest BCUT2D eigenvalue weighted by molar-refractivity contribution is -0.136. The van der Waals surface area contributed by atoms with Crippen molar-refractivity contribution >= 4 is 29.4 Å². The Kier molecular flexibility index (Phi) is 3.68. The maximum absolute atomic E-state index is 10.4. The van der Waals surface area contributed by atoms with Crippen LogP contribution in [0.1, 0.15) is 12.0 Å². The van der Waals surface area contributed by atoms with Crippen LogP contribution >= 0.6 is 12.4 Å². The molecule has 2 heterocycles. The molecule has 2 aromatic heterocycles. The van der Waals surface area contributed by atoms with Gasteiger partial charge < -0.3 is 10.1 Å². The lowest BCUT2D eigenvalue weighted by Gasteiger charge is -1.94. The predicted octanol–water partition coefficient (Wildman–Crippen LogP) is 2.00. The number of aromatic nitrogens is 2. The first-order valence-electron chi connectivity index (χ1n) is 4.40. The van der Waals surface area contributed by atoms with Crippen LogP contribution in [-0.4, -0.2) is 21.0 Å². The number of carbonyl (C=O) groups is 1. The van der Waals surface area contributed by atoms with Gasteiger partial charge in [0.05, 0.1) is 0 Å². The zero-order valence-corrected chi connectivity index (χ0v) is 8.75. The Bertz CT molecular complexity index is 467. The van der Waals surface area contributed by atoms with Crippen molar-refractivity contribution in [3.63, 3.8) is 0 Å². The van der Waals surface area contributed by atoms with E-state index in [9.17, 15) is 4.79 Å². The number of fused-ring (bicyclic) bond motifs is 1. The van der Waals surface area contributed by atoms with Crippen LogP contribution in [0.5, 0.6) is 0 Å². The summed E-state index contributed by atoms with van der Waals surface area (Å²) in [6, 6.07) is 3.79. The van der Waals surface area contributed by atoms with Gasteiger partial charge in [0.2, 0.25) is 0 Å². The highest BCUT2D eigenvalue weighted by molar-refractivity contribution is 5.85. The monoisotopic (exact) mass is 226 g/mol. The van der Waals surface area contributed by atoms with Crippen molar-refractivity contribution in [3.05, 3.63) is 30.1 Å². The summed E-state index contributed by atoms with van der Waals surface area (Å²) in [5, 5.41) is 9.57. The van der Waals surface area contributed by atoms with Crippen LogP contribution in [0.2, 0.25) is 0 Å². The molecule has 4 nitrogen and oxygen atoms in total. The summed E-state index contributed by atoms with van der Waals surface area (Å²) < 4.78 is 0. The first-order chi connectivity index (χ1) is 6.77. The van der Waals surface area contributed by atoms with Crippen LogP contribution in [0.15, 0.2) is 24.5 Å². The standard InChI is InChI=1S/C10H10N2O2.ClH/c13-9(14)4-3-7-6-12-10-8(7)2-1-5-11-10;/h1-2,5-6H,3-4H2,(H,11,12)(H,13,14);1H. The van der Waals surface area contributed by atoms with Crippen molar-refractivity contribution in [2.24, 2.45) is 0 Å². The molecular formula is C10H11ClN2O2. The van der Waals surface area contributed by atoms with E-state index in [1.165, 1.54) is 0 Å². The number of H-pyrrole nitrogens is 1. The van der Waals surface area contributed by atoms with Crippen LogP contribution in [0.25, 0.3) is 11.0 Å². The van der Waals surface area contributed by atoms with Gasteiger partial charge >= 0.3 is 5.97 Å². The predicted molar refractivity (Wildman–Crippen MR) is 59.3 cm³/mol. The molecule has 0 amide bonds. The molecule has 0 aromatic carbocycles. The third-order valence-corrected chi connectivity index (χ3v) is 2.14. The van der Waals surface area contributed by atoms with E-state index in [-0.39, 0.29) is 18.8 Å². The number of aryl methyl sites for hydroxylation is 1. The third-order valence-electron chi connectivity index (χ3n) is 2.14. The summed E-state index contributed by atoms with van der Waals surface area (Å²) in [7, 11) is 0. The number of aromatic amines is 1. The lowest BCUT2D eigenvalue weighted by atomic mass is 10.1. The van der Waals surface area contributed by atoms with E-state index in [0.29, 0.717) is 6.42 Å². The van der Waals surface area contributed by atoms with E-state index in [1.807, 2.05) is 18.3 Å². The van der Waals surface area contributed by atoms with Crippen molar-refractivity contribution < 1.29 is 9.90 Å². The second-order valence-electron chi connectivity index (χ2n) is 3.11. The smallest absolute Gasteiger partial charge is 0.303 e. The minimum Gasteiger partial charge on any atom is -0.481 e. The Morgan fingerprint density at radius 1 is 1.53 bits per heavy atom. The molecular weight excluding hydrogens is 216 g/mol. The van der Waals surface area contributed by atoms with Gasteiger partial charge in [-0.1, -0.05) is 0 Å². The van der Waals surface area contributed by atoms with E-state index in [2.05, 4.69) is 9.97 Å². The largest absolute Gasteiger partial charge is 0.481 e. The molecule has 2 aromatic rings. The first-order valence-corrected chi connectivity index (χ1v) is 4.40. The highest BCUT2D eigenvalue weighted by Crippen LogP contribution is 2.16. The van der Waals surface area contributed by atoms with Crippen molar-refractivity contribution in [3.8, 4) is 0 Å². The van der Waals surface area contributed by atoms with Gasteiger partial charge in [-0.25, -0.2) is 4.98 Å². The van der Waals surface area contributed by atoms with Crippen molar-refractivity contribution in [1.29, 1.82) is 0 Å². The van der Waals surface area contributed by atoms with Gasteiger partial charge in [-0.05, 0) is 24.1 Å². The topological polar surface area (TPSA) is 66.0 Å². The normalized spacial score (nSPS) is 9.87. The average molecular weight is 227 g/mol. The summed E-state index contributed by atoms with van der Waals surface area (Å²) in [5.74, 6) is -0.775. The molecule has 0 saturated heterocycles. The number of carboxylic acids is 1. The Balaban J connectivity index is 0.00000112. The van der Waals surface area contributed by atoms with E-state index in [4.69, 9.17) is 5.11 Å². The summed E-state index contributed by atoms with van der Waals surface area (Å²) in [5.41, 5.74) is 1.82. The fourth-order valence-corrected chi connectivity index (χ4v) is 1.46. The summed E-state index contributed by atoms with van der Waals surface area (Å²) in [4.78, 5) is 17.5. The number of carboxylic acid groups (broad SMARTS) is 1. The minimum absolute atomic E-state index is 0. The summed E-state index contributed by atoms with van der Waals surface area (Å²) in [6.07, 6.45) is 4.23. The highest BCUT2D eigenvalue weighted by Gasteiger charge is 2.05. The Labute approximate surface area is 92.7 Å². The molecule has 2 rings (SSSR count). The number of aliphatic carboxylic acids is 1. The lowest BCUT2D eigenvalue weighted by Crippen LogP contribution is -1.96. The maximum Gasteiger partial charge on any atom is 0.303 e. The number of halogens is 1. The highest BCUT2D eigenvalue weighted by atomic mass is 35.5. The zero-order valence-electron chi connectivity index (χ0n) is 7.93. The van der Waals surface area contributed by atoms with Gasteiger partial charge in [-0.3, -0.25) is 4.79 Å². The van der Waals surface area contributed by atoms with Crippen molar-refractivity contribution in [1.82, 2.24) is 9.97 Å². The van der Waals surface area contributed by atoms with E-state index < -0.39 is 5.97 Å². The van der Waals surface area contributed by atoms with E-state index >= 15 is 0 Å². The molecule has 0 aliphatic carbocycles. The van der Waals surface area contributed by atoms with Gasteiger partial charge in [0, 0.05) is 24.2 Å². The molecule has 0 atom stereocenters. The number of hydrogen-bond acceptors (Lipinski definition) is 2. The molecule has 0 saturated carbocycles. The summed E-state index contributed by atoms with van der Waals surface area (Å²) >= 11 is 0.